The van der Waals surface area contributed by atoms with Gasteiger partial charge in [0.05, 0.1) is 11.5 Å². The standard InChI is InChI=1S/C16H28N2O3S/c1-12(2)9-15(11-19)17-13(3)14-7-6-8-16(10-14)22(20,21)18(4)5/h6-8,10,12-13,15,17,19H,9,11H2,1-5H3. The van der Waals surface area contributed by atoms with Crippen molar-refractivity contribution < 1.29 is 13.5 Å². The summed E-state index contributed by atoms with van der Waals surface area (Å²) in [4.78, 5) is 0.285. The van der Waals surface area contributed by atoms with Crippen LogP contribution in [-0.4, -0.2) is 44.6 Å². The normalized spacial score (nSPS) is 15.3. The van der Waals surface area contributed by atoms with E-state index in [0.29, 0.717) is 5.92 Å². The molecule has 0 bridgehead atoms. The number of nitrogens with zero attached hydrogens (tertiary/aromatic N) is 1. The van der Waals surface area contributed by atoms with Gasteiger partial charge in [0.1, 0.15) is 0 Å². The van der Waals surface area contributed by atoms with Crippen molar-refractivity contribution in [1.82, 2.24) is 9.62 Å². The van der Waals surface area contributed by atoms with Crippen LogP contribution in [0.1, 0.15) is 38.8 Å². The first-order chi connectivity index (χ1) is 10.2. The van der Waals surface area contributed by atoms with E-state index in [4.69, 9.17) is 0 Å². The monoisotopic (exact) mass is 328 g/mol. The largest absolute Gasteiger partial charge is 0.395 e. The number of rotatable bonds is 8. The van der Waals surface area contributed by atoms with Gasteiger partial charge in [-0.2, -0.15) is 0 Å². The molecule has 2 unspecified atom stereocenters. The summed E-state index contributed by atoms with van der Waals surface area (Å²) in [5.74, 6) is 0.484. The van der Waals surface area contributed by atoms with Crippen LogP contribution in [0.15, 0.2) is 29.2 Å². The van der Waals surface area contributed by atoms with Crippen molar-refractivity contribution in [2.45, 2.75) is 44.2 Å². The van der Waals surface area contributed by atoms with Gasteiger partial charge in [0, 0.05) is 26.2 Å². The second-order valence-corrected chi connectivity index (χ2v) is 8.41. The third-order valence-electron chi connectivity index (χ3n) is 3.60. The number of nitrogens with one attached hydrogen (secondary N) is 1. The zero-order valence-electron chi connectivity index (χ0n) is 14.1. The van der Waals surface area contributed by atoms with Gasteiger partial charge >= 0.3 is 0 Å². The average molecular weight is 328 g/mol. The molecule has 5 nitrogen and oxygen atoms in total. The lowest BCUT2D eigenvalue weighted by Gasteiger charge is -2.24. The highest BCUT2D eigenvalue weighted by Crippen LogP contribution is 2.20. The van der Waals surface area contributed by atoms with Crippen LogP contribution in [0.3, 0.4) is 0 Å². The van der Waals surface area contributed by atoms with Crippen LogP contribution in [0, 0.1) is 5.92 Å². The maximum atomic E-state index is 12.2. The molecule has 22 heavy (non-hydrogen) atoms. The third-order valence-corrected chi connectivity index (χ3v) is 5.41. The fourth-order valence-electron chi connectivity index (χ4n) is 2.37. The van der Waals surface area contributed by atoms with Gasteiger partial charge in [-0.15, -0.1) is 0 Å². The summed E-state index contributed by atoms with van der Waals surface area (Å²) in [6, 6.07) is 6.91. The zero-order chi connectivity index (χ0) is 16.9. The summed E-state index contributed by atoms with van der Waals surface area (Å²) in [7, 11) is -0.386. The van der Waals surface area contributed by atoms with Crippen molar-refractivity contribution >= 4 is 10.0 Å². The minimum absolute atomic E-state index is 0.00381. The molecule has 0 radical (unpaired) electrons. The Kier molecular flexibility index (Phi) is 6.99. The van der Waals surface area contributed by atoms with Crippen LogP contribution < -0.4 is 5.32 Å². The Morgan fingerprint density at radius 3 is 2.36 bits per heavy atom. The maximum absolute atomic E-state index is 12.2. The SMILES string of the molecule is CC(C)CC(CO)NC(C)c1cccc(S(=O)(=O)N(C)C)c1. The summed E-state index contributed by atoms with van der Waals surface area (Å²) in [6.45, 7) is 6.27. The van der Waals surface area contributed by atoms with E-state index in [1.165, 1.54) is 18.4 Å². The summed E-state index contributed by atoms with van der Waals surface area (Å²) >= 11 is 0. The molecule has 126 valence electrons. The fourth-order valence-corrected chi connectivity index (χ4v) is 3.33. The van der Waals surface area contributed by atoms with Crippen LogP contribution in [-0.2, 0) is 10.0 Å². The Bertz CT molecular complexity index is 571. The summed E-state index contributed by atoms with van der Waals surface area (Å²) in [5, 5.41) is 12.8. The van der Waals surface area contributed by atoms with E-state index < -0.39 is 10.0 Å². The molecule has 0 amide bonds. The van der Waals surface area contributed by atoms with Crippen molar-refractivity contribution in [3.8, 4) is 0 Å². The van der Waals surface area contributed by atoms with Crippen molar-refractivity contribution in [2.24, 2.45) is 5.92 Å². The van der Waals surface area contributed by atoms with E-state index in [-0.39, 0.29) is 23.6 Å². The summed E-state index contributed by atoms with van der Waals surface area (Å²) < 4.78 is 25.6. The molecule has 1 rings (SSSR count). The molecule has 1 aromatic carbocycles. The van der Waals surface area contributed by atoms with Crippen LogP contribution in [0.25, 0.3) is 0 Å². The average Bonchev–Trinajstić information content (AvgIpc) is 2.45. The number of hydrogen-bond donors (Lipinski definition) is 2. The summed E-state index contributed by atoms with van der Waals surface area (Å²) in [5.41, 5.74) is 0.894. The molecule has 0 aliphatic carbocycles. The van der Waals surface area contributed by atoms with Gasteiger partial charge in [0.2, 0.25) is 10.0 Å². The number of sulfonamides is 1. The Morgan fingerprint density at radius 2 is 1.86 bits per heavy atom. The van der Waals surface area contributed by atoms with Crippen molar-refractivity contribution in [1.29, 1.82) is 0 Å². The lowest BCUT2D eigenvalue weighted by atomic mass is 10.0. The predicted molar refractivity (Wildman–Crippen MR) is 89.2 cm³/mol. The second-order valence-electron chi connectivity index (χ2n) is 6.26. The Hall–Kier alpha value is -0.950. The highest BCUT2D eigenvalue weighted by atomic mass is 32.2. The molecule has 0 heterocycles. The third kappa shape index (κ3) is 5.05. The molecular formula is C16H28N2O3S. The van der Waals surface area contributed by atoms with Crippen LogP contribution in [0.5, 0.6) is 0 Å². The first-order valence-corrected chi connectivity index (χ1v) is 9.01. The van der Waals surface area contributed by atoms with Gasteiger partial charge in [-0.1, -0.05) is 26.0 Å². The minimum atomic E-state index is -3.43. The topological polar surface area (TPSA) is 69.6 Å². The van der Waals surface area contributed by atoms with E-state index in [2.05, 4.69) is 19.2 Å². The molecule has 0 saturated heterocycles. The number of aliphatic hydroxyl groups excluding tert-OH is 1. The highest BCUT2D eigenvalue weighted by Gasteiger charge is 2.19. The van der Waals surface area contributed by atoms with Gasteiger partial charge < -0.3 is 10.4 Å². The van der Waals surface area contributed by atoms with E-state index in [1.807, 2.05) is 13.0 Å². The Balaban J connectivity index is 2.93. The molecule has 2 atom stereocenters. The molecule has 0 aromatic heterocycles. The number of hydrogen-bond acceptors (Lipinski definition) is 4. The van der Waals surface area contributed by atoms with Gasteiger partial charge in [-0.3, -0.25) is 0 Å². The molecule has 0 spiro atoms. The minimum Gasteiger partial charge on any atom is -0.395 e. The molecule has 1 aromatic rings. The quantitative estimate of drug-likeness (QED) is 0.766. The molecule has 0 aliphatic heterocycles. The predicted octanol–water partition coefficient (Wildman–Crippen LogP) is 1.99. The zero-order valence-corrected chi connectivity index (χ0v) is 14.9. The van der Waals surface area contributed by atoms with E-state index in [0.717, 1.165) is 12.0 Å². The number of benzene rings is 1. The number of aliphatic hydroxyl groups is 1. The smallest absolute Gasteiger partial charge is 0.242 e. The van der Waals surface area contributed by atoms with Gasteiger partial charge in [-0.05, 0) is 37.0 Å². The molecular weight excluding hydrogens is 300 g/mol. The van der Waals surface area contributed by atoms with E-state index >= 15 is 0 Å². The molecule has 0 aliphatic rings. The van der Waals surface area contributed by atoms with Crippen molar-refractivity contribution in [3.05, 3.63) is 29.8 Å². The van der Waals surface area contributed by atoms with Crippen LogP contribution in [0.4, 0.5) is 0 Å². The summed E-state index contributed by atoms with van der Waals surface area (Å²) in [6.07, 6.45) is 0.872. The molecule has 0 fully saturated rings. The first-order valence-electron chi connectivity index (χ1n) is 7.57. The lowest BCUT2D eigenvalue weighted by molar-refractivity contribution is 0.215. The van der Waals surface area contributed by atoms with Gasteiger partial charge in [0.25, 0.3) is 0 Å². The fraction of sp³-hybridized carbons (Fsp3) is 0.625. The van der Waals surface area contributed by atoms with Gasteiger partial charge in [0.15, 0.2) is 0 Å². The molecule has 2 N–H and O–H groups in total. The second kappa shape index (κ2) is 8.06. The van der Waals surface area contributed by atoms with E-state index in [1.54, 1.807) is 18.2 Å². The van der Waals surface area contributed by atoms with Gasteiger partial charge in [-0.25, -0.2) is 12.7 Å². The van der Waals surface area contributed by atoms with Crippen molar-refractivity contribution in [2.75, 3.05) is 20.7 Å². The Morgan fingerprint density at radius 1 is 1.23 bits per heavy atom. The molecule has 0 saturated carbocycles. The highest BCUT2D eigenvalue weighted by molar-refractivity contribution is 7.89. The van der Waals surface area contributed by atoms with E-state index in [9.17, 15) is 13.5 Å². The Labute approximate surface area is 134 Å². The van der Waals surface area contributed by atoms with Crippen LogP contribution >= 0.6 is 0 Å². The molecule has 6 heteroatoms. The maximum Gasteiger partial charge on any atom is 0.242 e. The lowest BCUT2D eigenvalue weighted by Crippen LogP contribution is -2.35. The first kappa shape index (κ1) is 19.1. The van der Waals surface area contributed by atoms with Crippen molar-refractivity contribution in [3.63, 3.8) is 0 Å². The van der Waals surface area contributed by atoms with Crippen LogP contribution in [0.2, 0.25) is 0 Å².